The summed E-state index contributed by atoms with van der Waals surface area (Å²) in [6.45, 7) is 2.58. The number of hydrogen-bond donors (Lipinski definition) is 4. The molecule has 4 N–H and O–H groups in total. The molecule has 0 spiro atoms. The van der Waals surface area contributed by atoms with Crippen LogP contribution in [0.2, 0.25) is 0 Å². The Balaban J connectivity index is 0.000000504. The quantitative estimate of drug-likeness (QED) is 0.553. The molecule has 0 aliphatic heterocycles. The van der Waals surface area contributed by atoms with Gasteiger partial charge < -0.3 is 20.4 Å². The summed E-state index contributed by atoms with van der Waals surface area (Å²) in [4.78, 5) is 24.8. The summed E-state index contributed by atoms with van der Waals surface area (Å²) >= 11 is 0. The fraction of sp³-hybridized carbons (Fsp3) is 0.278. The van der Waals surface area contributed by atoms with E-state index in [0.29, 0.717) is 5.56 Å². The Bertz CT molecular complexity index is 701. The van der Waals surface area contributed by atoms with Crippen LogP contribution in [0.5, 0.6) is 0 Å². The average Bonchev–Trinajstić information content (AvgIpc) is 2.55. The number of aliphatic hydroxyl groups excluding tert-OH is 1. The summed E-state index contributed by atoms with van der Waals surface area (Å²) < 4.78 is 0. The molecule has 26 heavy (non-hydrogen) atoms. The Morgan fingerprint density at radius 1 is 1.04 bits per heavy atom. The molecule has 0 aliphatic carbocycles. The first-order valence-corrected chi connectivity index (χ1v) is 7.51. The van der Waals surface area contributed by atoms with Gasteiger partial charge in [-0.1, -0.05) is 12.1 Å². The normalized spacial score (nSPS) is 13.2. The molecule has 0 aliphatic rings. The molecular weight excluding hydrogens is 392 g/mol. The van der Waals surface area contributed by atoms with Crippen LogP contribution in [0.4, 0.5) is 0 Å². The maximum atomic E-state index is 10.6. The maximum absolute atomic E-state index is 10.6. The number of carbonyl (C=O) groups is 2. The second-order valence-electron chi connectivity index (χ2n) is 5.75. The van der Waals surface area contributed by atoms with Gasteiger partial charge in [0, 0.05) is 38.3 Å². The molecule has 0 saturated heterocycles. The molecule has 7 nitrogen and oxygen atoms in total. The van der Waals surface area contributed by atoms with Gasteiger partial charge in [-0.15, -0.1) is 0 Å². The van der Waals surface area contributed by atoms with E-state index in [1.54, 1.807) is 36.7 Å². The number of carboxylic acid groups (broad SMARTS) is 2. The van der Waals surface area contributed by atoms with E-state index < -0.39 is 23.6 Å². The molecule has 8 heteroatoms. The van der Waals surface area contributed by atoms with E-state index in [2.05, 4.69) is 4.98 Å². The fourth-order valence-corrected chi connectivity index (χ4v) is 2.01. The van der Waals surface area contributed by atoms with Gasteiger partial charge in [0.25, 0.3) is 0 Å². The van der Waals surface area contributed by atoms with Crippen molar-refractivity contribution in [2.45, 2.75) is 32.0 Å². The van der Waals surface area contributed by atoms with Crippen LogP contribution in [-0.2, 0) is 24.3 Å². The Kier molecular flexibility index (Phi) is 9.87. The minimum atomic E-state index is -1.81. The van der Waals surface area contributed by atoms with Crippen molar-refractivity contribution >= 4 is 11.9 Å². The predicted octanol–water partition coefficient (Wildman–Crippen LogP) is 2.04. The minimum Gasteiger partial charge on any atom is -0.479 e. The minimum absolute atomic E-state index is 0. The van der Waals surface area contributed by atoms with Gasteiger partial charge in [-0.3, -0.25) is 4.98 Å². The largest absolute Gasteiger partial charge is 0.479 e. The van der Waals surface area contributed by atoms with E-state index in [9.17, 15) is 9.59 Å². The molecule has 0 amide bonds. The molecule has 0 bridgehead atoms. The Morgan fingerprint density at radius 2 is 1.50 bits per heavy atom. The van der Waals surface area contributed by atoms with Crippen LogP contribution in [-0.4, -0.2) is 49.1 Å². The zero-order valence-corrected chi connectivity index (χ0v) is 17.6. The number of carboxylic acids is 2. The molecule has 2 atom stereocenters. The number of nitrogens with zero attached hydrogens (tertiary/aromatic N) is 1. The van der Waals surface area contributed by atoms with E-state index in [1.165, 1.54) is 6.92 Å². The smallest absolute Gasteiger partial charge is 0.335 e. The standard InChI is InChI=1S/C12H9NO2.C6H12O4.Zn/c14-12(15)11-3-1-9(2-4-11)10-5-7-13-8-6-10;1-4(7)3-6(2,10)5(8)9;/h1-8H,(H,14,15);4,7,10H,3H2,1-2H3,(H,8,9);. The number of hydrogen-bond acceptors (Lipinski definition) is 5. The summed E-state index contributed by atoms with van der Waals surface area (Å²) in [6, 6.07) is 10.5. The Morgan fingerprint density at radius 3 is 1.85 bits per heavy atom. The third-order valence-corrected chi connectivity index (χ3v) is 3.30. The van der Waals surface area contributed by atoms with Crippen LogP contribution in [0.1, 0.15) is 30.6 Å². The summed E-state index contributed by atoms with van der Waals surface area (Å²) in [6.07, 6.45) is 2.47. The van der Waals surface area contributed by atoms with Crippen molar-refractivity contribution in [2.24, 2.45) is 0 Å². The first-order valence-electron chi connectivity index (χ1n) is 7.51. The Hall–Kier alpha value is -2.15. The van der Waals surface area contributed by atoms with Crippen LogP contribution in [0.25, 0.3) is 11.1 Å². The molecule has 2 rings (SSSR count). The summed E-state index contributed by atoms with van der Waals surface area (Å²) in [5.41, 5.74) is 0.505. The van der Waals surface area contributed by atoms with Crippen LogP contribution in [0, 0.1) is 0 Å². The third-order valence-electron chi connectivity index (χ3n) is 3.30. The van der Waals surface area contributed by atoms with Crippen molar-refractivity contribution in [3.8, 4) is 11.1 Å². The van der Waals surface area contributed by atoms with Crippen molar-refractivity contribution in [1.82, 2.24) is 4.98 Å². The van der Waals surface area contributed by atoms with E-state index in [-0.39, 0.29) is 25.9 Å². The molecule has 1 aromatic heterocycles. The predicted molar refractivity (Wildman–Crippen MR) is 91.2 cm³/mol. The maximum Gasteiger partial charge on any atom is 0.335 e. The topological polar surface area (TPSA) is 128 Å². The first-order chi connectivity index (χ1) is 11.6. The van der Waals surface area contributed by atoms with E-state index in [4.69, 9.17) is 20.4 Å². The molecule has 136 valence electrons. The van der Waals surface area contributed by atoms with Gasteiger partial charge in [-0.2, -0.15) is 0 Å². The zero-order valence-electron chi connectivity index (χ0n) is 14.7. The monoisotopic (exact) mass is 411 g/mol. The van der Waals surface area contributed by atoms with Gasteiger partial charge in [-0.05, 0) is 49.2 Å². The van der Waals surface area contributed by atoms with Crippen molar-refractivity contribution in [2.75, 3.05) is 0 Å². The molecular formula is C18H21NO6Zn. The molecule has 0 radical (unpaired) electrons. The first kappa shape index (κ1) is 23.9. The fourth-order valence-electron chi connectivity index (χ4n) is 2.01. The van der Waals surface area contributed by atoms with E-state index in [1.807, 2.05) is 12.1 Å². The van der Waals surface area contributed by atoms with Gasteiger partial charge >= 0.3 is 11.9 Å². The van der Waals surface area contributed by atoms with Gasteiger partial charge in [0.1, 0.15) is 0 Å². The van der Waals surface area contributed by atoms with Crippen LogP contribution in [0.15, 0.2) is 48.8 Å². The second-order valence-corrected chi connectivity index (χ2v) is 5.75. The number of rotatable bonds is 5. The van der Waals surface area contributed by atoms with Gasteiger partial charge in [0.05, 0.1) is 11.7 Å². The summed E-state index contributed by atoms with van der Waals surface area (Å²) in [5.74, 6) is -2.22. The number of aromatic carboxylic acids is 1. The number of pyridine rings is 1. The second kappa shape index (κ2) is 10.8. The zero-order chi connectivity index (χ0) is 19.0. The van der Waals surface area contributed by atoms with Gasteiger partial charge in [0.15, 0.2) is 5.60 Å². The number of aromatic nitrogens is 1. The van der Waals surface area contributed by atoms with E-state index in [0.717, 1.165) is 18.1 Å². The molecule has 2 aromatic rings. The molecule has 0 fully saturated rings. The Labute approximate surface area is 164 Å². The molecule has 2 unspecified atom stereocenters. The van der Waals surface area contributed by atoms with Gasteiger partial charge in [0.2, 0.25) is 0 Å². The molecule has 1 aromatic carbocycles. The van der Waals surface area contributed by atoms with Crippen LogP contribution < -0.4 is 0 Å². The van der Waals surface area contributed by atoms with Crippen molar-refractivity contribution in [1.29, 1.82) is 0 Å². The number of aliphatic hydroxyl groups is 2. The molecule has 0 saturated carbocycles. The number of benzene rings is 1. The summed E-state index contributed by atoms with van der Waals surface area (Å²) in [5, 5.41) is 34.8. The van der Waals surface area contributed by atoms with Gasteiger partial charge in [-0.25, -0.2) is 9.59 Å². The SMILES string of the molecule is CC(O)CC(C)(O)C(=O)O.O=C(O)c1ccc(-c2ccncc2)cc1.[Zn]. The molecule has 1 heterocycles. The van der Waals surface area contributed by atoms with Crippen LogP contribution >= 0.6 is 0 Å². The van der Waals surface area contributed by atoms with Crippen molar-refractivity contribution < 1.29 is 49.5 Å². The van der Waals surface area contributed by atoms with E-state index >= 15 is 0 Å². The average molecular weight is 413 g/mol. The van der Waals surface area contributed by atoms with Crippen molar-refractivity contribution in [3.63, 3.8) is 0 Å². The van der Waals surface area contributed by atoms with Crippen LogP contribution in [0.3, 0.4) is 0 Å². The van der Waals surface area contributed by atoms with Crippen molar-refractivity contribution in [3.05, 3.63) is 54.4 Å². The summed E-state index contributed by atoms with van der Waals surface area (Å²) in [7, 11) is 0. The number of aliphatic carboxylic acids is 1. The third kappa shape index (κ3) is 7.82.